The molecule has 2 aromatic rings. The van der Waals surface area contributed by atoms with Crippen LogP contribution in [0.1, 0.15) is 19.6 Å². The van der Waals surface area contributed by atoms with Crippen LogP contribution >= 0.6 is 0 Å². The van der Waals surface area contributed by atoms with Crippen LogP contribution < -0.4 is 0 Å². The van der Waals surface area contributed by atoms with E-state index in [0.29, 0.717) is 17.1 Å². The average Bonchev–Trinajstić information content (AvgIpc) is 3.15. The van der Waals surface area contributed by atoms with Gasteiger partial charge in [-0.25, -0.2) is 0 Å². The fourth-order valence-corrected chi connectivity index (χ4v) is 2.92. The van der Waals surface area contributed by atoms with Gasteiger partial charge in [-0.2, -0.15) is 5.26 Å². The number of imide groups is 1. The van der Waals surface area contributed by atoms with Gasteiger partial charge in [0.1, 0.15) is 23.2 Å². The number of rotatable bonds is 4. The van der Waals surface area contributed by atoms with Crippen molar-refractivity contribution in [1.29, 1.82) is 5.26 Å². The first-order valence-electron chi connectivity index (χ1n) is 8.41. The molecule has 2 heterocycles. The van der Waals surface area contributed by atoms with Gasteiger partial charge in [0.2, 0.25) is 0 Å². The zero-order valence-corrected chi connectivity index (χ0v) is 15.1. The summed E-state index contributed by atoms with van der Waals surface area (Å²) in [5.41, 5.74) is 0.849. The van der Waals surface area contributed by atoms with Crippen molar-refractivity contribution in [3.63, 3.8) is 0 Å². The Bertz CT molecular complexity index is 1100. The van der Waals surface area contributed by atoms with Gasteiger partial charge in [0, 0.05) is 29.8 Å². The average molecular weight is 377 g/mol. The summed E-state index contributed by atoms with van der Waals surface area (Å²) in [4.78, 5) is 36.3. The zero-order chi connectivity index (χ0) is 20.4. The predicted octanol–water partition coefficient (Wildman–Crippen LogP) is 3.47. The van der Waals surface area contributed by atoms with Gasteiger partial charge in [-0.15, -0.1) is 0 Å². The van der Waals surface area contributed by atoms with Crippen molar-refractivity contribution in [3.05, 3.63) is 69.0 Å². The number of carbonyl (C=O) groups excluding carboxylic acids is 2. The maximum absolute atomic E-state index is 12.6. The van der Waals surface area contributed by atoms with Gasteiger partial charge in [0.25, 0.3) is 17.5 Å². The summed E-state index contributed by atoms with van der Waals surface area (Å²) in [5.74, 6) is -0.394. The predicted molar refractivity (Wildman–Crippen MR) is 99.5 cm³/mol. The lowest BCUT2D eigenvalue weighted by atomic mass is 9.95. The van der Waals surface area contributed by atoms with Crippen molar-refractivity contribution in [3.8, 4) is 17.4 Å². The molecule has 0 saturated carbocycles. The number of amides is 2. The molecule has 28 heavy (non-hydrogen) atoms. The van der Waals surface area contributed by atoms with Crippen LogP contribution in [0.25, 0.3) is 17.4 Å². The molecule has 1 aliphatic heterocycles. The largest absolute Gasteiger partial charge is 0.457 e. The van der Waals surface area contributed by atoms with Gasteiger partial charge in [-0.3, -0.25) is 24.6 Å². The minimum atomic E-state index is -0.610. The number of furan rings is 1. The van der Waals surface area contributed by atoms with E-state index < -0.39 is 16.7 Å². The van der Waals surface area contributed by atoms with E-state index in [2.05, 4.69) is 0 Å². The molecule has 140 valence electrons. The number of nitro benzene ring substituents is 1. The monoisotopic (exact) mass is 377 g/mol. The highest BCUT2D eigenvalue weighted by molar-refractivity contribution is 6.19. The molecule has 0 fully saturated rings. The van der Waals surface area contributed by atoms with E-state index in [1.54, 1.807) is 31.2 Å². The summed E-state index contributed by atoms with van der Waals surface area (Å²) in [7, 11) is 0. The third kappa shape index (κ3) is 3.21. The number of hydrogen-bond donors (Lipinski definition) is 0. The van der Waals surface area contributed by atoms with Crippen molar-refractivity contribution in [1.82, 2.24) is 4.90 Å². The maximum Gasteiger partial charge on any atom is 0.271 e. The molecule has 0 saturated heterocycles. The molecule has 1 aromatic heterocycles. The summed E-state index contributed by atoms with van der Waals surface area (Å²) in [6, 6.07) is 11.1. The highest BCUT2D eigenvalue weighted by Crippen LogP contribution is 2.30. The molecule has 0 N–H and O–H groups in total. The fraction of sp³-hybridized carbons (Fsp3) is 0.150. The molecule has 0 aliphatic carbocycles. The van der Waals surface area contributed by atoms with Gasteiger partial charge in [0.15, 0.2) is 0 Å². The lowest BCUT2D eigenvalue weighted by Gasteiger charge is -2.25. The molecular formula is C20H15N3O5. The van der Waals surface area contributed by atoms with Crippen LogP contribution in [-0.2, 0) is 9.59 Å². The number of nitrogens with zero attached hydrogens (tertiary/aromatic N) is 3. The normalized spacial score (nSPS) is 15.9. The second-order valence-corrected chi connectivity index (χ2v) is 6.03. The molecule has 1 aliphatic rings. The first-order chi connectivity index (χ1) is 13.4. The first kappa shape index (κ1) is 18.8. The molecule has 0 bridgehead atoms. The van der Waals surface area contributed by atoms with Gasteiger partial charge in [-0.1, -0.05) is 12.1 Å². The van der Waals surface area contributed by atoms with Crippen molar-refractivity contribution in [2.24, 2.45) is 0 Å². The quantitative estimate of drug-likeness (QED) is 0.348. The Morgan fingerprint density at radius 2 is 2.00 bits per heavy atom. The van der Waals surface area contributed by atoms with E-state index in [1.165, 1.54) is 25.1 Å². The van der Waals surface area contributed by atoms with Crippen LogP contribution in [0.3, 0.4) is 0 Å². The third-order valence-corrected chi connectivity index (χ3v) is 4.40. The Morgan fingerprint density at radius 3 is 2.64 bits per heavy atom. The zero-order valence-electron chi connectivity index (χ0n) is 15.1. The third-order valence-electron chi connectivity index (χ3n) is 4.40. The van der Waals surface area contributed by atoms with E-state index in [-0.39, 0.29) is 29.0 Å². The lowest BCUT2D eigenvalue weighted by molar-refractivity contribution is -0.384. The van der Waals surface area contributed by atoms with Crippen LogP contribution in [0, 0.1) is 21.4 Å². The van der Waals surface area contributed by atoms with E-state index in [9.17, 15) is 25.0 Å². The molecule has 8 nitrogen and oxygen atoms in total. The highest BCUT2D eigenvalue weighted by Gasteiger charge is 2.34. The Hall–Kier alpha value is -3.99. The van der Waals surface area contributed by atoms with Gasteiger partial charge < -0.3 is 4.42 Å². The summed E-state index contributed by atoms with van der Waals surface area (Å²) in [6.45, 7) is 3.33. The topological polar surface area (TPSA) is 117 Å². The van der Waals surface area contributed by atoms with Crippen LogP contribution in [-0.4, -0.2) is 28.2 Å². The van der Waals surface area contributed by atoms with E-state index in [0.717, 1.165) is 4.90 Å². The first-order valence-corrected chi connectivity index (χ1v) is 8.41. The molecule has 0 atom stereocenters. The van der Waals surface area contributed by atoms with Crippen LogP contribution in [0.2, 0.25) is 0 Å². The standard InChI is InChI=1S/C20H15N3O5/c1-3-22-19(24)16(12(2)17(11-21)20(22)25)10-15-7-8-18(28-15)13-5-4-6-14(9-13)23(26)27/h4-10H,3H2,1-2H3/b16-10-. The number of hydrogen-bond acceptors (Lipinski definition) is 6. The number of nitriles is 1. The maximum atomic E-state index is 12.6. The Morgan fingerprint density at radius 1 is 1.25 bits per heavy atom. The van der Waals surface area contributed by atoms with Crippen molar-refractivity contribution in [2.45, 2.75) is 13.8 Å². The minimum absolute atomic E-state index is 0.0641. The molecule has 8 heteroatoms. The summed E-state index contributed by atoms with van der Waals surface area (Å²) >= 11 is 0. The SMILES string of the molecule is CCN1C(=O)C(C#N)=C(C)/C(=C/c2ccc(-c3cccc([N+](=O)[O-])c3)o2)C1=O. The van der Waals surface area contributed by atoms with Gasteiger partial charge >= 0.3 is 0 Å². The van der Waals surface area contributed by atoms with Gasteiger partial charge in [-0.05, 0) is 37.6 Å². The molecule has 0 spiro atoms. The van der Waals surface area contributed by atoms with Crippen molar-refractivity contribution < 1.29 is 18.9 Å². The van der Waals surface area contributed by atoms with E-state index in [4.69, 9.17) is 4.42 Å². The molecule has 3 rings (SSSR count). The van der Waals surface area contributed by atoms with Crippen LogP contribution in [0.15, 0.2) is 57.5 Å². The molecule has 2 amide bonds. The molecule has 0 radical (unpaired) electrons. The van der Waals surface area contributed by atoms with Crippen LogP contribution in [0.5, 0.6) is 0 Å². The second kappa shape index (κ2) is 7.32. The fourth-order valence-electron chi connectivity index (χ4n) is 2.92. The smallest absolute Gasteiger partial charge is 0.271 e. The van der Waals surface area contributed by atoms with Gasteiger partial charge in [0.05, 0.1) is 4.92 Å². The number of benzene rings is 1. The molecular weight excluding hydrogens is 362 g/mol. The van der Waals surface area contributed by atoms with E-state index >= 15 is 0 Å². The number of nitro groups is 1. The van der Waals surface area contributed by atoms with Crippen LogP contribution in [0.4, 0.5) is 5.69 Å². The Labute approximate surface area is 160 Å². The number of non-ortho nitro benzene ring substituents is 1. The van der Waals surface area contributed by atoms with Crippen molar-refractivity contribution >= 4 is 23.6 Å². The number of carbonyl (C=O) groups is 2. The minimum Gasteiger partial charge on any atom is -0.457 e. The number of likely N-dealkylation sites (N-methyl/N-ethyl adjacent to an activating group) is 1. The molecule has 0 unspecified atom stereocenters. The van der Waals surface area contributed by atoms with E-state index in [1.807, 2.05) is 6.07 Å². The second-order valence-electron chi connectivity index (χ2n) is 6.03. The lowest BCUT2D eigenvalue weighted by Crippen LogP contribution is -2.42. The summed E-state index contributed by atoms with van der Waals surface area (Å²) in [6.07, 6.45) is 1.46. The highest BCUT2D eigenvalue weighted by atomic mass is 16.6. The Kier molecular flexibility index (Phi) is 4.92. The summed E-state index contributed by atoms with van der Waals surface area (Å²) in [5, 5.41) is 20.2. The summed E-state index contributed by atoms with van der Waals surface area (Å²) < 4.78 is 5.71. The Balaban J connectivity index is 2.03. The van der Waals surface area contributed by atoms with Crippen molar-refractivity contribution in [2.75, 3.05) is 6.54 Å². The molecule has 1 aromatic carbocycles.